The number of benzene rings is 2. The van der Waals surface area contributed by atoms with E-state index in [1.165, 1.54) is 6.42 Å². The van der Waals surface area contributed by atoms with E-state index in [2.05, 4.69) is 10.6 Å². The molecular formula is C23H25ClN2O2. The number of hydrogen-bond acceptors (Lipinski definition) is 2. The lowest BCUT2D eigenvalue weighted by Crippen LogP contribution is -2.58. The summed E-state index contributed by atoms with van der Waals surface area (Å²) >= 11 is 6.82. The van der Waals surface area contributed by atoms with Gasteiger partial charge in [0.05, 0.1) is 12.0 Å². The Morgan fingerprint density at radius 1 is 1.00 bits per heavy atom. The molecule has 4 atom stereocenters. The number of anilines is 1. The van der Waals surface area contributed by atoms with Crippen LogP contribution in [0.2, 0.25) is 0 Å². The maximum atomic E-state index is 13.0. The van der Waals surface area contributed by atoms with Crippen LogP contribution in [0.4, 0.5) is 5.69 Å². The average Bonchev–Trinajstić information content (AvgIpc) is 2.64. The second-order valence-corrected chi connectivity index (χ2v) is 9.99. The third-order valence-corrected chi connectivity index (χ3v) is 7.36. The number of carbonyl (C=O) groups excluding carboxylic acids is 2. The fourth-order valence-electron chi connectivity index (χ4n) is 6.24. The highest BCUT2D eigenvalue weighted by atomic mass is 35.5. The van der Waals surface area contributed by atoms with Gasteiger partial charge in [-0.25, -0.2) is 0 Å². The van der Waals surface area contributed by atoms with E-state index < -0.39 is 0 Å². The largest absolute Gasteiger partial charge is 0.347 e. The lowest BCUT2D eigenvalue weighted by atomic mass is 9.49. The summed E-state index contributed by atoms with van der Waals surface area (Å²) in [6, 6.07) is 13.8. The lowest BCUT2D eigenvalue weighted by Gasteiger charge is -2.59. The average molecular weight is 397 g/mol. The zero-order valence-electron chi connectivity index (χ0n) is 15.8. The second-order valence-electron chi connectivity index (χ2n) is 9.19. The van der Waals surface area contributed by atoms with Crippen molar-refractivity contribution in [1.82, 2.24) is 5.32 Å². The van der Waals surface area contributed by atoms with Crippen molar-refractivity contribution in [2.75, 3.05) is 11.9 Å². The summed E-state index contributed by atoms with van der Waals surface area (Å²) in [6.07, 6.45) is 5.91. The Morgan fingerprint density at radius 2 is 1.71 bits per heavy atom. The number of halogens is 1. The summed E-state index contributed by atoms with van der Waals surface area (Å²) in [6.45, 7) is -0.00196. The molecular weight excluding hydrogens is 372 g/mol. The van der Waals surface area contributed by atoms with Crippen LogP contribution in [0.5, 0.6) is 0 Å². The molecule has 2 unspecified atom stereocenters. The van der Waals surface area contributed by atoms with Crippen molar-refractivity contribution < 1.29 is 9.59 Å². The third-order valence-electron chi connectivity index (χ3n) is 6.91. The lowest BCUT2D eigenvalue weighted by molar-refractivity contribution is -0.145. The van der Waals surface area contributed by atoms with Gasteiger partial charge in [-0.2, -0.15) is 0 Å². The molecule has 0 aliphatic heterocycles. The minimum absolute atomic E-state index is 0.00196. The molecule has 4 bridgehead atoms. The molecule has 4 nitrogen and oxygen atoms in total. The van der Waals surface area contributed by atoms with E-state index in [9.17, 15) is 9.59 Å². The zero-order chi connectivity index (χ0) is 19.4. The van der Waals surface area contributed by atoms with Crippen LogP contribution in [0.25, 0.3) is 10.8 Å². The predicted octanol–water partition coefficient (Wildman–Crippen LogP) is 4.47. The summed E-state index contributed by atoms with van der Waals surface area (Å²) in [5.74, 6) is 0.945. The number of hydrogen-bond donors (Lipinski definition) is 2. The maximum Gasteiger partial charge on any atom is 0.243 e. The molecule has 4 aliphatic carbocycles. The summed E-state index contributed by atoms with van der Waals surface area (Å²) in [4.78, 5) is 25.2. The number of amides is 2. The molecule has 4 aliphatic rings. The Morgan fingerprint density at radius 3 is 2.43 bits per heavy atom. The van der Waals surface area contributed by atoms with Gasteiger partial charge in [0.25, 0.3) is 0 Å². The van der Waals surface area contributed by atoms with Crippen molar-refractivity contribution in [3.05, 3.63) is 42.5 Å². The van der Waals surface area contributed by atoms with E-state index in [1.807, 2.05) is 42.5 Å². The van der Waals surface area contributed by atoms with E-state index in [1.54, 1.807) is 0 Å². The molecule has 146 valence electrons. The molecule has 28 heavy (non-hydrogen) atoms. The second kappa shape index (κ2) is 6.48. The van der Waals surface area contributed by atoms with Gasteiger partial charge in [-0.05, 0) is 73.3 Å². The first-order valence-electron chi connectivity index (χ1n) is 10.2. The van der Waals surface area contributed by atoms with Crippen LogP contribution < -0.4 is 10.6 Å². The molecule has 0 heterocycles. The fourth-order valence-corrected chi connectivity index (χ4v) is 6.93. The SMILES string of the molecule is O=C(CNC(=O)C12C[C@@H]3C[C@@H](CC(Cl)(C3)C1)C2)Nc1ccc2ccccc2c1. The first kappa shape index (κ1) is 18.0. The molecule has 5 heteroatoms. The smallest absolute Gasteiger partial charge is 0.243 e. The van der Waals surface area contributed by atoms with Gasteiger partial charge in [-0.1, -0.05) is 30.3 Å². The van der Waals surface area contributed by atoms with Gasteiger partial charge < -0.3 is 10.6 Å². The van der Waals surface area contributed by atoms with Gasteiger partial charge in [-0.15, -0.1) is 11.6 Å². The minimum Gasteiger partial charge on any atom is -0.347 e. The van der Waals surface area contributed by atoms with Gasteiger partial charge in [0.15, 0.2) is 0 Å². The highest BCUT2D eigenvalue weighted by Gasteiger charge is 2.60. The van der Waals surface area contributed by atoms with Crippen LogP contribution in [0.1, 0.15) is 38.5 Å². The summed E-state index contributed by atoms with van der Waals surface area (Å²) < 4.78 is 0. The molecule has 0 spiro atoms. The third kappa shape index (κ3) is 3.18. The molecule has 0 aromatic heterocycles. The monoisotopic (exact) mass is 396 g/mol. The quantitative estimate of drug-likeness (QED) is 0.749. The number of rotatable bonds is 4. The van der Waals surface area contributed by atoms with Crippen LogP contribution in [0, 0.1) is 17.3 Å². The molecule has 2 N–H and O–H groups in total. The summed E-state index contributed by atoms with van der Waals surface area (Å²) in [5.41, 5.74) is 0.377. The van der Waals surface area contributed by atoms with E-state index in [0.29, 0.717) is 11.8 Å². The van der Waals surface area contributed by atoms with E-state index in [0.717, 1.165) is 48.6 Å². The van der Waals surface area contributed by atoms with Gasteiger partial charge in [-0.3, -0.25) is 9.59 Å². The van der Waals surface area contributed by atoms with E-state index >= 15 is 0 Å². The first-order chi connectivity index (χ1) is 13.4. The zero-order valence-corrected chi connectivity index (χ0v) is 16.6. The van der Waals surface area contributed by atoms with Crippen LogP contribution in [-0.4, -0.2) is 23.2 Å². The number of fused-ring (bicyclic) bond motifs is 1. The normalized spacial score (nSPS) is 33.0. The molecule has 0 saturated heterocycles. The molecule has 2 amide bonds. The molecule has 4 saturated carbocycles. The van der Waals surface area contributed by atoms with Crippen LogP contribution in [0.3, 0.4) is 0 Å². The first-order valence-corrected chi connectivity index (χ1v) is 10.6. The summed E-state index contributed by atoms with van der Waals surface area (Å²) in [7, 11) is 0. The Labute approximate surface area is 170 Å². The van der Waals surface area contributed by atoms with E-state index in [4.69, 9.17) is 11.6 Å². The molecule has 2 aromatic rings. The van der Waals surface area contributed by atoms with Gasteiger partial charge in [0.2, 0.25) is 11.8 Å². The fraction of sp³-hybridized carbons (Fsp3) is 0.478. The number of nitrogens with one attached hydrogen (secondary N) is 2. The Balaban J connectivity index is 1.22. The number of carbonyl (C=O) groups is 2. The highest BCUT2D eigenvalue weighted by Crippen LogP contribution is 2.63. The standard InChI is InChI=1S/C23H25ClN2O2/c24-23-11-15-7-16(12-23)10-22(9-15,14-23)21(28)25-13-20(27)26-19-6-5-17-3-1-2-4-18(17)8-19/h1-6,8,15-16H,7,9-14H2,(H,25,28)(H,26,27)/t15-,16+,22?,23?. The maximum absolute atomic E-state index is 13.0. The van der Waals surface area contributed by atoms with Gasteiger partial charge >= 0.3 is 0 Å². The van der Waals surface area contributed by atoms with E-state index in [-0.39, 0.29) is 28.6 Å². The van der Waals surface area contributed by atoms with Crippen LogP contribution in [-0.2, 0) is 9.59 Å². The van der Waals surface area contributed by atoms with Crippen molar-refractivity contribution >= 4 is 39.9 Å². The van der Waals surface area contributed by atoms with Crippen LogP contribution in [0.15, 0.2) is 42.5 Å². The Hall–Kier alpha value is -2.07. The van der Waals surface area contributed by atoms with Gasteiger partial charge in [0, 0.05) is 10.6 Å². The molecule has 6 rings (SSSR count). The molecule has 4 fully saturated rings. The number of alkyl halides is 1. The highest BCUT2D eigenvalue weighted by molar-refractivity contribution is 6.24. The van der Waals surface area contributed by atoms with Crippen molar-refractivity contribution in [2.24, 2.45) is 17.3 Å². The van der Waals surface area contributed by atoms with Crippen molar-refractivity contribution in [2.45, 2.75) is 43.4 Å². The Kier molecular flexibility index (Phi) is 4.16. The summed E-state index contributed by atoms with van der Waals surface area (Å²) in [5, 5.41) is 8.00. The Bertz CT molecular complexity index is 943. The predicted molar refractivity (Wildman–Crippen MR) is 111 cm³/mol. The van der Waals surface area contributed by atoms with Crippen molar-refractivity contribution in [1.29, 1.82) is 0 Å². The van der Waals surface area contributed by atoms with Crippen LogP contribution >= 0.6 is 11.6 Å². The van der Waals surface area contributed by atoms with Gasteiger partial charge in [0.1, 0.15) is 0 Å². The molecule has 0 radical (unpaired) electrons. The topological polar surface area (TPSA) is 58.2 Å². The van der Waals surface area contributed by atoms with Crippen molar-refractivity contribution in [3.63, 3.8) is 0 Å². The molecule has 2 aromatic carbocycles. The minimum atomic E-state index is -0.366. The van der Waals surface area contributed by atoms with Crippen molar-refractivity contribution in [3.8, 4) is 0 Å².